The molecule has 4 rings (SSSR count). The lowest BCUT2D eigenvalue weighted by Gasteiger charge is -2.35. The van der Waals surface area contributed by atoms with Gasteiger partial charge >= 0.3 is 11.8 Å². The Hall–Kier alpha value is -3.22. The molecular formula is C20H19FN4O2. The number of halogens is 1. The van der Waals surface area contributed by atoms with E-state index in [-0.39, 0.29) is 17.7 Å². The van der Waals surface area contributed by atoms with E-state index in [0.717, 1.165) is 18.8 Å². The zero-order chi connectivity index (χ0) is 18.8. The Labute approximate surface area is 156 Å². The first-order valence-electron chi connectivity index (χ1n) is 8.80. The molecule has 0 bridgehead atoms. The Morgan fingerprint density at radius 2 is 1.81 bits per heavy atom. The van der Waals surface area contributed by atoms with E-state index in [1.165, 1.54) is 17.7 Å². The summed E-state index contributed by atoms with van der Waals surface area (Å²) in [6.07, 6.45) is 0. The number of benzene rings is 2. The van der Waals surface area contributed by atoms with Crippen molar-refractivity contribution in [3.05, 3.63) is 65.8 Å². The lowest BCUT2D eigenvalue weighted by atomic mass is 10.2. The molecule has 6 nitrogen and oxygen atoms in total. The maximum atomic E-state index is 13.3. The predicted molar refractivity (Wildman–Crippen MR) is 99.0 cm³/mol. The third kappa shape index (κ3) is 3.67. The van der Waals surface area contributed by atoms with Crippen molar-refractivity contribution in [3.8, 4) is 11.5 Å². The topological polar surface area (TPSA) is 62.5 Å². The van der Waals surface area contributed by atoms with Crippen LogP contribution in [0.15, 0.2) is 52.9 Å². The number of carbonyl (C=O) groups excluding carboxylic acids is 1. The molecule has 138 valence electrons. The van der Waals surface area contributed by atoms with Crippen LogP contribution < -0.4 is 4.90 Å². The van der Waals surface area contributed by atoms with Crippen LogP contribution in [-0.4, -0.2) is 47.2 Å². The number of amides is 1. The third-order valence-corrected chi connectivity index (χ3v) is 4.61. The van der Waals surface area contributed by atoms with Gasteiger partial charge in [-0.05, 0) is 42.8 Å². The minimum absolute atomic E-state index is 0.0710. The molecule has 3 aromatic rings. The van der Waals surface area contributed by atoms with Crippen LogP contribution >= 0.6 is 0 Å². The minimum atomic E-state index is -0.397. The van der Waals surface area contributed by atoms with Crippen LogP contribution in [0.2, 0.25) is 0 Å². The van der Waals surface area contributed by atoms with Crippen molar-refractivity contribution < 1.29 is 13.6 Å². The molecule has 1 amide bonds. The van der Waals surface area contributed by atoms with E-state index in [1.54, 1.807) is 17.0 Å². The molecule has 2 aromatic carbocycles. The zero-order valence-corrected chi connectivity index (χ0v) is 14.9. The van der Waals surface area contributed by atoms with Gasteiger partial charge < -0.3 is 14.2 Å². The number of piperazine rings is 1. The van der Waals surface area contributed by atoms with E-state index in [2.05, 4.69) is 40.2 Å². The summed E-state index contributed by atoms with van der Waals surface area (Å²) in [5.41, 5.74) is 2.82. The lowest BCUT2D eigenvalue weighted by Crippen LogP contribution is -2.48. The van der Waals surface area contributed by atoms with Crippen molar-refractivity contribution in [1.29, 1.82) is 0 Å². The standard InChI is InChI=1S/C20H19FN4O2/c1-14-4-2-7-17(12-14)24-8-10-25(11-9-24)20(26)19-23-22-18(27-19)15-5-3-6-16(21)13-15/h2-7,12-13H,8-11H2,1H3. The second-order valence-electron chi connectivity index (χ2n) is 6.54. The molecule has 0 spiro atoms. The summed E-state index contributed by atoms with van der Waals surface area (Å²) < 4.78 is 18.8. The van der Waals surface area contributed by atoms with Crippen molar-refractivity contribution >= 4 is 11.6 Å². The SMILES string of the molecule is Cc1cccc(N2CCN(C(=O)c3nnc(-c4cccc(F)c4)o3)CC2)c1. The number of carbonyl (C=O) groups is 1. The molecule has 27 heavy (non-hydrogen) atoms. The molecule has 1 aromatic heterocycles. The van der Waals surface area contributed by atoms with E-state index in [0.29, 0.717) is 18.7 Å². The highest BCUT2D eigenvalue weighted by Gasteiger charge is 2.26. The van der Waals surface area contributed by atoms with Gasteiger partial charge in [0, 0.05) is 37.4 Å². The lowest BCUT2D eigenvalue weighted by molar-refractivity contribution is 0.0707. The number of rotatable bonds is 3. The fourth-order valence-electron chi connectivity index (χ4n) is 3.18. The summed E-state index contributed by atoms with van der Waals surface area (Å²) >= 11 is 0. The van der Waals surface area contributed by atoms with Gasteiger partial charge in [-0.25, -0.2) is 4.39 Å². The van der Waals surface area contributed by atoms with Gasteiger partial charge in [-0.3, -0.25) is 4.79 Å². The average molecular weight is 366 g/mol. The van der Waals surface area contributed by atoms with Crippen LogP contribution in [0.1, 0.15) is 16.2 Å². The van der Waals surface area contributed by atoms with Gasteiger partial charge in [0.1, 0.15) is 5.82 Å². The minimum Gasteiger partial charge on any atom is -0.412 e. The first-order chi connectivity index (χ1) is 13.1. The van der Waals surface area contributed by atoms with Crippen molar-refractivity contribution in [3.63, 3.8) is 0 Å². The number of hydrogen-bond donors (Lipinski definition) is 0. The predicted octanol–water partition coefficient (Wildman–Crippen LogP) is 3.15. The van der Waals surface area contributed by atoms with Gasteiger partial charge in [0.15, 0.2) is 0 Å². The van der Waals surface area contributed by atoms with E-state index in [9.17, 15) is 9.18 Å². The summed E-state index contributed by atoms with van der Waals surface area (Å²) in [4.78, 5) is 16.6. The maximum absolute atomic E-state index is 13.3. The molecule has 0 radical (unpaired) electrons. The second-order valence-corrected chi connectivity index (χ2v) is 6.54. The number of hydrogen-bond acceptors (Lipinski definition) is 5. The molecule has 0 atom stereocenters. The van der Waals surface area contributed by atoms with Crippen LogP contribution in [0.4, 0.5) is 10.1 Å². The first-order valence-corrected chi connectivity index (χ1v) is 8.80. The molecule has 1 fully saturated rings. The van der Waals surface area contributed by atoms with Gasteiger partial charge in [-0.1, -0.05) is 18.2 Å². The molecule has 0 N–H and O–H groups in total. The number of aryl methyl sites for hydroxylation is 1. The third-order valence-electron chi connectivity index (χ3n) is 4.61. The summed E-state index contributed by atoms with van der Waals surface area (Å²) in [6.45, 7) is 4.68. The highest BCUT2D eigenvalue weighted by molar-refractivity contribution is 5.90. The largest absolute Gasteiger partial charge is 0.412 e. The molecule has 1 aliphatic heterocycles. The Bertz CT molecular complexity index is 964. The summed E-state index contributed by atoms with van der Waals surface area (Å²) in [6, 6.07) is 14.2. The fraction of sp³-hybridized carbons (Fsp3) is 0.250. The van der Waals surface area contributed by atoms with Gasteiger partial charge in [0.2, 0.25) is 5.89 Å². The molecule has 2 heterocycles. The second kappa shape index (κ2) is 7.19. The Kier molecular flexibility index (Phi) is 4.58. The Morgan fingerprint density at radius 1 is 1.04 bits per heavy atom. The van der Waals surface area contributed by atoms with Crippen LogP contribution in [0.25, 0.3) is 11.5 Å². The van der Waals surface area contributed by atoms with Crippen molar-refractivity contribution in [2.75, 3.05) is 31.1 Å². The van der Waals surface area contributed by atoms with Crippen LogP contribution in [0.5, 0.6) is 0 Å². The van der Waals surface area contributed by atoms with Gasteiger partial charge in [0.25, 0.3) is 0 Å². The van der Waals surface area contributed by atoms with E-state index >= 15 is 0 Å². The first kappa shape index (κ1) is 17.2. The van der Waals surface area contributed by atoms with Crippen molar-refractivity contribution in [2.24, 2.45) is 0 Å². The average Bonchev–Trinajstić information content (AvgIpc) is 3.18. The highest BCUT2D eigenvalue weighted by atomic mass is 19.1. The molecular weight excluding hydrogens is 347 g/mol. The van der Waals surface area contributed by atoms with Crippen molar-refractivity contribution in [1.82, 2.24) is 15.1 Å². The van der Waals surface area contributed by atoms with Crippen LogP contribution in [0, 0.1) is 12.7 Å². The summed E-state index contributed by atoms with van der Waals surface area (Å²) in [7, 11) is 0. The summed E-state index contributed by atoms with van der Waals surface area (Å²) in [5.74, 6) is -0.630. The summed E-state index contributed by atoms with van der Waals surface area (Å²) in [5, 5.41) is 7.72. The molecule has 7 heteroatoms. The van der Waals surface area contributed by atoms with E-state index in [4.69, 9.17) is 4.42 Å². The number of anilines is 1. The van der Waals surface area contributed by atoms with Gasteiger partial charge in [0.05, 0.1) is 0 Å². The Balaban J connectivity index is 1.42. The quantitative estimate of drug-likeness (QED) is 0.713. The van der Waals surface area contributed by atoms with Crippen LogP contribution in [-0.2, 0) is 0 Å². The van der Waals surface area contributed by atoms with E-state index < -0.39 is 5.82 Å². The monoisotopic (exact) mass is 366 g/mol. The molecule has 0 aliphatic carbocycles. The number of aromatic nitrogens is 2. The molecule has 1 saturated heterocycles. The van der Waals surface area contributed by atoms with Gasteiger partial charge in [-0.2, -0.15) is 0 Å². The van der Waals surface area contributed by atoms with E-state index in [1.807, 2.05) is 6.07 Å². The number of nitrogens with zero attached hydrogens (tertiary/aromatic N) is 4. The molecule has 1 aliphatic rings. The smallest absolute Gasteiger partial charge is 0.311 e. The fourth-order valence-corrected chi connectivity index (χ4v) is 3.18. The normalized spacial score (nSPS) is 14.4. The molecule has 0 saturated carbocycles. The zero-order valence-electron chi connectivity index (χ0n) is 14.9. The molecule has 0 unspecified atom stereocenters. The van der Waals surface area contributed by atoms with Crippen LogP contribution in [0.3, 0.4) is 0 Å². The highest BCUT2D eigenvalue weighted by Crippen LogP contribution is 2.21. The van der Waals surface area contributed by atoms with Gasteiger partial charge in [-0.15, -0.1) is 10.2 Å². The Morgan fingerprint density at radius 3 is 2.56 bits per heavy atom. The van der Waals surface area contributed by atoms with Crippen molar-refractivity contribution in [2.45, 2.75) is 6.92 Å². The maximum Gasteiger partial charge on any atom is 0.311 e.